The standard InChI is InChI=1S/C30H21N5O.Pt/c1-19-11-12-32-30(13-19)34-28-8-6-5-7-26(28)27-10-9-24(18-29(27)34)36-25-16-22(31-4)15-23(17-25)35-21(3)14-20(2)33-35;/h5-16H,1-3H3;/q-2;+2/i1D3;. The van der Waals surface area contributed by atoms with E-state index in [0.29, 0.717) is 34.2 Å². The Hall–Kier alpha value is -4.20. The first-order valence-electron chi connectivity index (χ1n) is 12.8. The molecule has 0 unspecified atom stereocenters. The summed E-state index contributed by atoms with van der Waals surface area (Å²) in [6, 6.07) is 26.5. The van der Waals surface area contributed by atoms with E-state index in [9.17, 15) is 0 Å². The molecule has 6 rings (SSSR count). The average Bonchev–Trinajstić information content (AvgIpc) is 3.43. The van der Waals surface area contributed by atoms with Crippen molar-refractivity contribution < 1.29 is 29.9 Å². The van der Waals surface area contributed by atoms with Gasteiger partial charge in [-0.3, -0.25) is 9.53 Å². The number of ether oxygens (including phenoxy) is 1. The minimum atomic E-state index is -2.26. The fraction of sp³-hybridized carbons (Fsp3) is 0.100. The second-order valence-electron chi connectivity index (χ2n) is 8.48. The Morgan fingerprint density at radius 3 is 2.62 bits per heavy atom. The average molecular weight is 666 g/mol. The molecule has 0 fully saturated rings. The third kappa shape index (κ3) is 4.43. The molecule has 0 saturated carbocycles. The van der Waals surface area contributed by atoms with Crippen LogP contribution in [0.15, 0.2) is 72.9 Å². The van der Waals surface area contributed by atoms with Crippen LogP contribution in [0.3, 0.4) is 0 Å². The van der Waals surface area contributed by atoms with Gasteiger partial charge in [0.25, 0.3) is 0 Å². The number of benzene rings is 3. The van der Waals surface area contributed by atoms with Crippen LogP contribution in [-0.4, -0.2) is 19.3 Å². The molecule has 0 aliphatic heterocycles. The second-order valence-corrected chi connectivity index (χ2v) is 8.48. The monoisotopic (exact) mass is 665 g/mol. The van der Waals surface area contributed by atoms with Gasteiger partial charge in [0, 0.05) is 33.0 Å². The van der Waals surface area contributed by atoms with Gasteiger partial charge in [-0.05, 0) is 55.9 Å². The summed E-state index contributed by atoms with van der Waals surface area (Å²) in [5, 5.41) is 6.40. The fourth-order valence-corrected chi connectivity index (χ4v) is 4.45. The number of pyridine rings is 1. The summed E-state index contributed by atoms with van der Waals surface area (Å²) in [5.74, 6) is 1.24. The second kappa shape index (κ2) is 9.69. The summed E-state index contributed by atoms with van der Waals surface area (Å²) in [5.41, 5.74) is 4.53. The van der Waals surface area contributed by atoms with E-state index in [0.717, 1.165) is 27.7 Å². The predicted octanol–water partition coefficient (Wildman–Crippen LogP) is 7.23. The Bertz CT molecular complexity index is 1930. The number of aryl methyl sites for hydroxylation is 3. The predicted molar refractivity (Wildman–Crippen MR) is 140 cm³/mol. The summed E-state index contributed by atoms with van der Waals surface area (Å²) in [4.78, 5) is 8.09. The van der Waals surface area contributed by atoms with Crippen molar-refractivity contribution in [2.24, 2.45) is 0 Å². The van der Waals surface area contributed by atoms with E-state index in [-0.39, 0.29) is 26.6 Å². The van der Waals surface area contributed by atoms with Crippen LogP contribution in [0.25, 0.3) is 38.2 Å². The SMILES string of the molecule is [2H]C([2H])([2H])c1ccnc(-n2c3[c-]c(Oc4[c-]c(-n5nc(C)cc5C)cc([N+]#[C-])c4)ccc3c3ccccc32)c1.[Pt+2]. The summed E-state index contributed by atoms with van der Waals surface area (Å²) in [7, 11) is 0. The van der Waals surface area contributed by atoms with Gasteiger partial charge in [0.2, 0.25) is 0 Å². The molecule has 0 radical (unpaired) electrons. The van der Waals surface area contributed by atoms with Crippen LogP contribution in [-0.2, 0) is 21.1 Å². The Morgan fingerprint density at radius 2 is 1.84 bits per heavy atom. The molecule has 0 saturated heterocycles. The molecule has 3 aromatic carbocycles. The van der Waals surface area contributed by atoms with E-state index in [1.54, 1.807) is 22.9 Å². The number of hydrogen-bond acceptors (Lipinski definition) is 3. The zero-order valence-corrected chi connectivity index (χ0v) is 22.2. The largest absolute Gasteiger partial charge is 2.00 e. The first kappa shape index (κ1) is 20.9. The molecule has 0 spiro atoms. The van der Waals surface area contributed by atoms with Crippen molar-refractivity contribution in [2.45, 2.75) is 20.7 Å². The fourth-order valence-electron chi connectivity index (χ4n) is 4.45. The van der Waals surface area contributed by atoms with Crippen LogP contribution in [0.2, 0.25) is 0 Å². The molecule has 6 nitrogen and oxygen atoms in total. The number of hydrogen-bond donors (Lipinski definition) is 0. The van der Waals surface area contributed by atoms with E-state index in [4.69, 9.17) is 15.4 Å². The molecule has 182 valence electrons. The van der Waals surface area contributed by atoms with E-state index < -0.39 is 6.85 Å². The van der Waals surface area contributed by atoms with Gasteiger partial charge >= 0.3 is 21.1 Å². The first-order chi connectivity index (χ1) is 18.7. The molecule has 0 amide bonds. The molecule has 0 atom stereocenters. The van der Waals surface area contributed by atoms with E-state index in [1.807, 2.05) is 60.9 Å². The van der Waals surface area contributed by atoms with Crippen molar-refractivity contribution in [1.29, 1.82) is 0 Å². The van der Waals surface area contributed by atoms with Crippen LogP contribution in [0.5, 0.6) is 11.5 Å². The van der Waals surface area contributed by atoms with Gasteiger partial charge in [0.15, 0.2) is 0 Å². The number of para-hydroxylation sites is 1. The molecule has 37 heavy (non-hydrogen) atoms. The van der Waals surface area contributed by atoms with Crippen molar-refractivity contribution in [2.75, 3.05) is 0 Å². The zero-order valence-electron chi connectivity index (χ0n) is 22.9. The molecule has 0 aliphatic carbocycles. The molecule has 7 heteroatoms. The van der Waals surface area contributed by atoms with Gasteiger partial charge in [0.1, 0.15) is 5.82 Å². The van der Waals surface area contributed by atoms with Gasteiger partial charge in [0.05, 0.1) is 18.0 Å². The van der Waals surface area contributed by atoms with Gasteiger partial charge in [-0.15, -0.1) is 35.7 Å². The maximum absolute atomic E-state index is 7.85. The molecular weight excluding hydrogens is 641 g/mol. The van der Waals surface area contributed by atoms with Crippen molar-refractivity contribution in [3.05, 3.63) is 113 Å². The van der Waals surface area contributed by atoms with Crippen molar-refractivity contribution in [3.8, 4) is 23.0 Å². The Kier molecular flexibility index (Phi) is 5.48. The molecule has 3 aromatic heterocycles. The molecule has 0 aliphatic rings. The molecular formula is C30H21N5OPt. The minimum Gasteiger partial charge on any atom is -0.510 e. The van der Waals surface area contributed by atoms with E-state index >= 15 is 0 Å². The van der Waals surface area contributed by atoms with Crippen molar-refractivity contribution in [3.63, 3.8) is 0 Å². The van der Waals surface area contributed by atoms with Gasteiger partial charge in [-0.1, -0.05) is 29.4 Å². The Labute approximate surface area is 233 Å². The van der Waals surface area contributed by atoms with Crippen LogP contribution in [0, 0.1) is 39.4 Å². The molecule has 0 bridgehead atoms. The van der Waals surface area contributed by atoms with Gasteiger partial charge in [-0.25, -0.2) is 4.98 Å². The van der Waals surface area contributed by atoms with Crippen LogP contribution in [0.4, 0.5) is 5.69 Å². The number of rotatable bonds is 4. The van der Waals surface area contributed by atoms with Gasteiger partial charge < -0.3 is 9.30 Å². The third-order valence-corrected chi connectivity index (χ3v) is 5.93. The topological polar surface area (TPSA) is 49.2 Å². The summed E-state index contributed by atoms with van der Waals surface area (Å²) in [6.07, 6.45) is 1.50. The summed E-state index contributed by atoms with van der Waals surface area (Å²) >= 11 is 0. The molecule has 0 N–H and O–H groups in total. The zero-order chi connectivity index (χ0) is 27.3. The van der Waals surface area contributed by atoms with E-state index in [2.05, 4.69) is 27.1 Å². The molecule has 3 heterocycles. The normalized spacial score (nSPS) is 12.4. The van der Waals surface area contributed by atoms with Crippen molar-refractivity contribution >= 4 is 27.5 Å². The Morgan fingerprint density at radius 1 is 0.973 bits per heavy atom. The third-order valence-electron chi connectivity index (χ3n) is 5.93. The van der Waals surface area contributed by atoms with E-state index in [1.165, 1.54) is 12.3 Å². The van der Waals surface area contributed by atoms with Crippen LogP contribution in [0.1, 0.15) is 21.1 Å². The summed E-state index contributed by atoms with van der Waals surface area (Å²) < 4.78 is 33.3. The van der Waals surface area contributed by atoms with Crippen molar-refractivity contribution in [1.82, 2.24) is 19.3 Å². The quantitative estimate of drug-likeness (QED) is 0.187. The van der Waals surface area contributed by atoms with Crippen LogP contribution >= 0.6 is 0 Å². The smallest absolute Gasteiger partial charge is 0.510 e. The maximum atomic E-state index is 7.85. The molecule has 6 aromatic rings. The number of fused-ring (bicyclic) bond motifs is 3. The minimum absolute atomic E-state index is 0. The van der Waals surface area contributed by atoms with Crippen LogP contribution < -0.4 is 4.74 Å². The van der Waals surface area contributed by atoms with Gasteiger partial charge in [-0.2, -0.15) is 11.2 Å². The summed E-state index contributed by atoms with van der Waals surface area (Å²) in [6.45, 7) is 9.15. The first-order valence-corrected chi connectivity index (χ1v) is 11.3. The maximum Gasteiger partial charge on any atom is 2.00 e. The number of nitrogens with zero attached hydrogens (tertiary/aromatic N) is 5. The Balaban J connectivity index is 0.00000323. The number of aromatic nitrogens is 4.